The molecule has 1 heterocycles. The zero-order valence-corrected chi connectivity index (χ0v) is 13.0. The van der Waals surface area contributed by atoms with Crippen LogP contribution in [-0.2, 0) is 13.7 Å². The predicted molar refractivity (Wildman–Crippen MR) is 74.1 cm³/mol. The second-order valence-corrected chi connectivity index (χ2v) is 5.48. The summed E-state index contributed by atoms with van der Waals surface area (Å²) in [5.41, 5.74) is 1.85. The van der Waals surface area contributed by atoms with Crippen LogP contribution < -0.4 is 4.74 Å². The molecule has 96 valence electrons. The average Bonchev–Trinajstić information content (AvgIpc) is 2.56. The molecule has 2 rings (SSSR count). The first-order chi connectivity index (χ1) is 8.49. The van der Waals surface area contributed by atoms with Crippen molar-refractivity contribution in [3.8, 4) is 5.75 Å². The van der Waals surface area contributed by atoms with Gasteiger partial charge in [0.1, 0.15) is 18.2 Å². The number of benzene rings is 1. The zero-order valence-electron chi connectivity index (χ0n) is 9.88. The van der Waals surface area contributed by atoms with E-state index in [0.29, 0.717) is 16.8 Å². The molecule has 0 bridgehead atoms. The Bertz CT molecular complexity index is 584. The van der Waals surface area contributed by atoms with Crippen molar-refractivity contribution in [2.24, 2.45) is 7.05 Å². The van der Waals surface area contributed by atoms with Crippen molar-refractivity contribution in [3.63, 3.8) is 0 Å². The Kier molecular flexibility index (Phi) is 4.07. The van der Waals surface area contributed by atoms with E-state index in [1.165, 1.54) is 6.07 Å². The Morgan fingerprint density at radius 3 is 2.67 bits per heavy atom. The van der Waals surface area contributed by atoms with Crippen LogP contribution in [0.1, 0.15) is 11.4 Å². The third-order valence-corrected chi connectivity index (χ3v) is 4.17. The van der Waals surface area contributed by atoms with Gasteiger partial charge in [0.2, 0.25) is 0 Å². The lowest BCUT2D eigenvalue weighted by Crippen LogP contribution is -2.03. The first kappa shape index (κ1) is 13.5. The lowest BCUT2D eigenvalue weighted by molar-refractivity contribution is 0.293. The number of aryl methyl sites for hydroxylation is 2. The molecule has 0 amide bonds. The van der Waals surface area contributed by atoms with E-state index in [1.807, 2.05) is 14.0 Å². The molecule has 0 radical (unpaired) electrons. The first-order valence-corrected chi connectivity index (χ1v) is 6.83. The summed E-state index contributed by atoms with van der Waals surface area (Å²) >= 11 is 6.59. The van der Waals surface area contributed by atoms with Crippen LogP contribution in [0.15, 0.2) is 27.1 Å². The maximum absolute atomic E-state index is 13.1. The van der Waals surface area contributed by atoms with Crippen LogP contribution in [0.2, 0.25) is 0 Å². The second kappa shape index (κ2) is 5.40. The number of nitrogens with zero attached hydrogens (tertiary/aromatic N) is 2. The molecule has 0 saturated carbocycles. The Hall–Kier alpha value is -0.880. The molecule has 3 nitrogen and oxygen atoms in total. The Balaban J connectivity index is 2.14. The number of rotatable bonds is 3. The Morgan fingerprint density at radius 1 is 1.39 bits per heavy atom. The molecule has 18 heavy (non-hydrogen) atoms. The fourth-order valence-electron chi connectivity index (χ4n) is 1.56. The minimum atomic E-state index is -0.306. The van der Waals surface area contributed by atoms with Crippen LogP contribution in [-0.4, -0.2) is 9.78 Å². The van der Waals surface area contributed by atoms with Gasteiger partial charge >= 0.3 is 0 Å². The van der Waals surface area contributed by atoms with Crippen LogP contribution in [0, 0.1) is 12.7 Å². The van der Waals surface area contributed by atoms with E-state index >= 15 is 0 Å². The van der Waals surface area contributed by atoms with Gasteiger partial charge in [-0.3, -0.25) is 4.68 Å². The largest absolute Gasteiger partial charge is 0.487 e. The highest BCUT2D eigenvalue weighted by molar-refractivity contribution is 9.10. The number of hydrogen-bond acceptors (Lipinski definition) is 2. The number of aromatic nitrogens is 2. The topological polar surface area (TPSA) is 27.1 Å². The lowest BCUT2D eigenvalue weighted by Gasteiger charge is -2.07. The van der Waals surface area contributed by atoms with Crippen LogP contribution in [0.3, 0.4) is 0 Å². The second-order valence-electron chi connectivity index (χ2n) is 3.83. The van der Waals surface area contributed by atoms with Gasteiger partial charge in [-0.15, -0.1) is 0 Å². The predicted octanol–water partition coefficient (Wildman–Crippen LogP) is 3.97. The van der Waals surface area contributed by atoms with E-state index in [1.54, 1.807) is 16.8 Å². The average molecular weight is 378 g/mol. The minimum absolute atomic E-state index is 0.306. The fraction of sp³-hybridized carbons (Fsp3) is 0.250. The van der Waals surface area contributed by atoms with Crippen LogP contribution in [0.4, 0.5) is 4.39 Å². The highest BCUT2D eigenvalue weighted by Crippen LogP contribution is 2.25. The molecule has 1 aromatic heterocycles. The lowest BCUT2D eigenvalue weighted by atomic mass is 10.3. The van der Waals surface area contributed by atoms with Crippen molar-refractivity contribution >= 4 is 31.9 Å². The molecule has 0 aliphatic heterocycles. The van der Waals surface area contributed by atoms with Crippen LogP contribution >= 0.6 is 31.9 Å². The van der Waals surface area contributed by atoms with Gasteiger partial charge in [-0.2, -0.15) is 5.10 Å². The molecule has 0 atom stereocenters. The van der Waals surface area contributed by atoms with Crippen molar-refractivity contribution < 1.29 is 9.13 Å². The van der Waals surface area contributed by atoms with Gasteiger partial charge in [0.25, 0.3) is 0 Å². The maximum atomic E-state index is 13.1. The summed E-state index contributed by atoms with van der Waals surface area (Å²) in [6.07, 6.45) is 0. The van der Waals surface area contributed by atoms with E-state index < -0.39 is 0 Å². The molecule has 0 N–H and O–H groups in total. The summed E-state index contributed by atoms with van der Waals surface area (Å²) in [5, 5.41) is 4.28. The summed E-state index contributed by atoms with van der Waals surface area (Å²) in [6.45, 7) is 2.29. The van der Waals surface area contributed by atoms with Gasteiger partial charge in [0.15, 0.2) is 0 Å². The molecule has 0 fully saturated rings. The Morgan fingerprint density at radius 2 is 2.11 bits per heavy atom. The van der Waals surface area contributed by atoms with Crippen molar-refractivity contribution in [1.29, 1.82) is 0 Å². The monoisotopic (exact) mass is 376 g/mol. The molecule has 0 aliphatic carbocycles. The molecule has 1 aromatic carbocycles. The standard InChI is InChI=1S/C12H11Br2FN2O/c1-7-12(14)11(17(2)16-7)6-18-8-3-4-10(15)9(13)5-8/h3-5H,6H2,1-2H3. The van der Waals surface area contributed by atoms with Crippen LogP contribution in [0.25, 0.3) is 0 Å². The van der Waals surface area contributed by atoms with Gasteiger partial charge < -0.3 is 4.74 Å². The minimum Gasteiger partial charge on any atom is -0.487 e. The SMILES string of the molecule is Cc1nn(C)c(COc2ccc(F)c(Br)c2)c1Br. The summed E-state index contributed by atoms with van der Waals surface area (Å²) in [4.78, 5) is 0. The molecule has 0 saturated heterocycles. The molecule has 6 heteroatoms. The smallest absolute Gasteiger partial charge is 0.137 e. The quantitative estimate of drug-likeness (QED) is 0.809. The zero-order chi connectivity index (χ0) is 13.3. The molecule has 0 unspecified atom stereocenters. The van der Waals surface area contributed by atoms with Crippen LogP contribution in [0.5, 0.6) is 5.75 Å². The highest BCUT2D eigenvalue weighted by atomic mass is 79.9. The molecular weight excluding hydrogens is 367 g/mol. The van der Waals surface area contributed by atoms with Gasteiger partial charge in [0.05, 0.1) is 20.3 Å². The van der Waals surface area contributed by atoms with E-state index in [2.05, 4.69) is 37.0 Å². The van der Waals surface area contributed by atoms with Crippen molar-refractivity contribution in [2.75, 3.05) is 0 Å². The number of hydrogen-bond donors (Lipinski definition) is 0. The van der Waals surface area contributed by atoms with Gasteiger partial charge in [-0.1, -0.05) is 0 Å². The maximum Gasteiger partial charge on any atom is 0.137 e. The van der Waals surface area contributed by atoms with Gasteiger partial charge in [-0.25, -0.2) is 4.39 Å². The van der Waals surface area contributed by atoms with Gasteiger partial charge in [-0.05, 0) is 57.0 Å². The summed E-state index contributed by atoms with van der Waals surface area (Å²) in [5.74, 6) is 0.300. The number of halogens is 3. The van der Waals surface area contributed by atoms with Crippen molar-refractivity contribution in [2.45, 2.75) is 13.5 Å². The summed E-state index contributed by atoms with van der Waals surface area (Å²) in [6, 6.07) is 4.56. The third-order valence-electron chi connectivity index (χ3n) is 2.53. The van der Waals surface area contributed by atoms with E-state index in [4.69, 9.17) is 4.74 Å². The summed E-state index contributed by atoms with van der Waals surface area (Å²) < 4.78 is 21.8. The molecule has 2 aromatic rings. The third kappa shape index (κ3) is 2.75. The molecular formula is C12H11Br2FN2O. The van der Waals surface area contributed by atoms with Crippen molar-refractivity contribution in [1.82, 2.24) is 9.78 Å². The fourth-order valence-corrected chi connectivity index (χ4v) is 2.36. The van der Waals surface area contributed by atoms with Gasteiger partial charge in [0, 0.05) is 7.05 Å². The van der Waals surface area contributed by atoms with E-state index in [0.717, 1.165) is 15.9 Å². The first-order valence-electron chi connectivity index (χ1n) is 5.25. The van der Waals surface area contributed by atoms with Crippen molar-refractivity contribution in [3.05, 3.63) is 44.3 Å². The highest BCUT2D eigenvalue weighted by Gasteiger charge is 2.11. The molecule has 0 aliphatic rings. The Labute approximate surface area is 121 Å². The molecule has 0 spiro atoms. The van der Waals surface area contributed by atoms with E-state index in [9.17, 15) is 4.39 Å². The van der Waals surface area contributed by atoms with E-state index in [-0.39, 0.29) is 5.82 Å². The number of ether oxygens (including phenoxy) is 1. The normalized spacial score (nSPS) is 10.7. The summed E-state index contributed by atoms with van der Waals surface area (Å²) in [7, 11) is 1.86.